The van der Waals surface area contributed by atoms with E-state index < -0.39 is 5.97 Å². The van der Waals surface area contributed by atoms with E-state index in [1.165, 1.54) is 250 Å². The molecule has 8 heteroatoms. The van der Waals surface area contributed by atoms with Gasteiger partial charge in [0.15, 0.2) is 0 Å². The number of carbonyl (C=O) groups is 3. The Morgan fingerprint density at radius 3 is 0.581 bits per heavy atom. The van der Waals surface area contributed by atoms with E-state index in [0.717, 1.165) is 38.5 Å². The summed E-state index contributed by atoms with van der Waals surface area (Å²) in [5.74, 6) is -1.30. The van der Waals surface area contributed by atoms with E-state index in [1.807, 2.05) is 0 Å². The molecule has 0 unspecified atom stereocenters. The molecule has 5 nitrogen and oxygen atoms in total. The zero-order valence-corrected chi connectivity index (χ0v) is 46.9. The summed E-state index contributed by atoms with van der Waals surface area (Å²) in [5.41, 5.74) is 0. The van der Waals surface area contributed by atoms with Crippen LogP contribution >= 0.6 is 0 Å². The smallest absolute Gasteiger partial charge is 1.00 e. The van der Waals surface area contributed by atoms with E-state index in [9.17, 15) is 14.4 Å². The van der Waals surface area contributed by atoms with Gasteiger partial charge in [-0.15, -0.1) is 0 Å². The Bertz CT molecular complexity index is 828. The second-order valence-corrected chi connectivity index (χ2v) is 18.3. The number of ether oxygens (including phenoxy) is 1. The Balaban J connectivity index is -0.000000108. The maximum absolute atomic E-state index is 11.9. The van der Waals surface area contributed by atoms with Crippen LogP contribution in [0.15, 0.2) is 0 Å². The number of unbranched alkanes of at least 4 members (excludes halogenated alkanes) is 42. The van der Waals surface area contributed by atoms with Crippen molar-refractivity contribution in [1.82, 2.24) is 0 Å². The summed E-state index contributed by atoms with van der Waals surface area (Å²) in [7, 11) is 0. The van der Waals surface area contributed by atoms with Gasteiger partial charge in [0.25, 0.3) is 0 Å². The van der Waals surface area contributed by atoms with Crippen molar-refractivity contribution in [3.8, 4) is 0 Å². The first kappa shape index (κ1) is 71.9. The molecule has 0 aromatic heterocycles. The fourth-order valence-electron chi connectivity index (χ4n) is 8.16. The van der Waals surface area contributed by atoms with Crippen LogP contribution in [0.25, 0.3) is 0 Å². The average molecular weight is 914 g/mol. The molecule has 0 atom stereocenters. The summed E-state index contributed by atoms with van der Waals surface area (Å²) < 4.78 is 5.01. The molecule has 0 aromatic carbocycles. The summed E-state index contributed by atoms with van der Waals surface area (Å²) in [6.45, 7) is 6.82. The number of aliphatic carboxylic acids is 1. The molecule has 0 heterocycles. The molecule has 62 heavy (non-hydrogen) atoms. The summed E-state index contributed by atoms with van der Waals surface area (Å²) in [6.07, 6.45) is 60.3. The second kappa shape index (κ2) is 66.2. The Hall–Kier alpha value is 0.909. The number of hydrogen-bond donors (Lipinski definition) is 1. The van der Waals surface area contributed by atoms with Gasteiger partial charge in [-0.3, -0.25) is 14.4 Å². The van der Waals surface area contributed by atoms with E-state index in [1.54, 1.807) is 0 Å². The van der Waals surface area contributed by atoms with Gasteiger partial charge in [-0.2, -0.15) is 0 Å². The molecule has 0 aliphatic heterocycles. The van der Waals surface area contributed by atoms with Crippen molar-refractivity contribution in [3.05, 3.63) is 0 Å². The van der Waals surface area contributed by atoms with Gasteiger partial charge in [-0.1, -0.05) is 290 Å². The standard InChI is InChI=1S/C36H70O3.C18H36O2.3Mg.6H/c1-3-5-7-9-11-13-15-17-19-21-23-25-27-29-31-33-35(37)39-36(38)34-32-30-28-26-24-22-20-18-16-14-12-10-8-6-4-2;1-2-3-4-5-6-7-8-9-10-11-12-13-14-15-16-17-18(19)20;;;;;;;;;/h3-34H2,1-2H3;2-17H2,1H3,(H,19,20);;;;;;;;;/q;;3*+2;6*-1. The first-order valence-electron chi connectivity index (χ1n) is 26.9. The van der Waals surface area contributed by atoms with Gasteiger partial charge in [0.1, 0.15) is 0 Å². The SMILES string of the molecule is CCCCCCCCCCCCCCCCCC(=O)O.CCCCCCCCCCCCCCCCCC(=O)OC(=O)CCCCCCCCCCCCCCCCC.[H-].[H-].[H-].[H-].[H-].[H-].[Mg+2].[Mg+2].[Mg+2]. The molecule has 0 saturated heterocycles. The summed E-state index contributed by atoms with van der Waals surface area (Å²) >= 11 is 0. The van der Waals surface area contributed by atoms with Crippen LogP contribution in [-0.4, -0.2) is 92.2 Å². The van der Waals surface area contributed by atoms with Crippen LogP contribution in [0.2, 0.25) is 0 Å². The van der Waals surface area contributed by atoms with Crippen LogP contribution in [0.5, 0.6) is 0 Å². The van der Waals surface area contributed by atoms with Crippen molar-refractivity contribution in [3.63, 3.8) is 0 Å². The molecule has 364 valence electrons. The maximum atomic E-state index is 11.9. The zero-order chi connectivity index (χ0) is 43.4. The Morgan fingerprint density at radius 1 is 0.274 bits per heavy atom. The van der Waals surface area contributed by atoms with Gasteiger partial charge in [0, 0.05) is 19.3 Å². The normalized spacial score (nSPS) is 10.6. The van der Waals surface area contributed by atoms with Crippen LogP contribution < -0.4 is 0 Å². The fraction of sp³-hybridized carbons (Fsp3) is 0.944. The van der Waals surface area contributed by atoms with Crippen LogP contribution in [0.1, 0.15) is 338 Å². The monoisotopic (exact) mass is 913 g/mol. The third kappa shape index (κ3) is 69.9. The zero-order valence-electron chi connectivity index (χ0n) is 48.6. The van der Waals surface area contributed by atoms with Crippen LogP contribution in [0.3, 0.4) is 0 Å². The Kier molecular flexibility index (Phi) is 76.8. The third-order valence-electron chi connectivity index (χ3n) is 12.2. The molecule has 0 rings (SSSR count). The maximum Gasteiger partial charge on any atom is 2.00 e. The van der Waals surface area contributed by atoms with Gasteiger partial charge in [-0.25, -0.2) is 0 Å². The molecule has 0 radical (unpaired) electrons. The van der Waals surface area contributed by atoms with Crippen LogP contribution in [-0.2, 0) is 19.1 Å². The van der Waals surface area contributed by atoms with Gasteiger partial charge in [0.2, 0.25) is 0 Å². The topological polar surface area (TPSA) is 80.7 Å². The number of rotatable bonds is 48. The second-order valence-electron chi connectivity index (χ2n) is 18.3. The molecule has 0 bridgehead atoms. The molecule has 0 amide bonds. The predicted octanol–water partition coefficient (Wildman–Crippen LogP) is 18.4. The minimum absolute atomic E-state index is 0. The van der Waals surface area contributed by atoms with Gasteiger partial charge in [0.05, 0.1) is 0 Å². The summed E-state index contributed by atoms with van der Waals surface area (Å²) in [6, 6.07) is 0. The minimum atomic E-state index is -0.653. The predicted molar refractivity (Wildman–Crippen MR) is 281 cm³/mol. The van der Waals surface area contributed by atoms with Crippen LogP contribution in [0, 0.1) is 0 Å². The first-order valence-corrected chi connectivity index (χ1v) is 26.9. The van der Waals surface area contributed by atoms with E-state index in [0.29, 0.717) is 19.3 Å². The fourth-order valence-corrected chi connectivity index (χ4v) is 8.16. The quantitative estimate of drug-likeness (QED) is 0.0285. The van der Waals surface area contributed by atoms with Crippen molar-refractivity contribution in [2.45, 2.75) is 329 Å². The van der Waals surface area contributed by atoms with Crippen molar-refractivity contribution in [2.75, 3.05) is 0 Å². The van der Waals surface area contributed by atoms with Crippen molar-refractivity contribution >= 4 is 87.1 Å². The van der Waals surface area contributed by atoms with Gasteiger partial charge < -0.3 is 18.4 Å². The number of carboxylic acid groups (broad SMARTS) is 1. The van der Waals surface area contributed by atoms with Gasteiger partial charge in [-0.05, 0) is 19.3 Å². The van der Waals surface area contributed by atoms with E-state index in [-0.39, 0.29) is 89.7 Å². The number of carboxylic acids is 1. The molecule has 0 saturated carbocycles. The summed E-state index contributed by atoms with van der Waals surface area (Å²) in [5, 5.41) is 8.52. The molecule has 0 aromatic rings. The number of hydrogen-bond acceptors (Lipinski definition) is 4. The molecule has 0 aliphatic carbocycles. The number of esters is 2. The van der Waals surface area contributed by atoms with E-state index in [2.05, 4.69) is 20.8 Å². The minimum Gasteiger partial charge on any atom is -1.00 e. The molecule has 1 N–H and O–H groups in total. The third-order valence-corrected chi connectivity index (χ3v) is 12.2. The van der Waals surface area contributed by atoms with Crippen LogP contribution in [0.4, 0.5) is 0 Å². The Morgan fingerprint density at radius 2 is 0.419 bits per heavy atom. The molecule has 0 aliphatic rings. The molecular formula is C54H112Mg3O5. The average Bonchev–Trinajstić information content (AvgIpc) is 3.22. The van der Waals surface area contributed by atoms with E-state index >= 15 is 0 Å². The van der Waals surface area contributed by atoms with Crippen molar-refractivity contribution < 1.29 is 32.8 Å². The number of carbonyl (C=O) groups excluding carboxylic acids is 2. The van der Waals surface area contributed by atoms with Gasteiger partial charge >= 0.3 is 87.1 Å². The largest absolute Gasteiger partial charge is 2.00 e. The summed E-state index contributed by atoms with van der Waals surface area (Å²) in [4.78, 5) is 34.1. The first-order chi connectivity index (χ1) is 29.0. The Labute approximate surface area is 445 Å². The van der Waals surface area contributed by atoms with Crippen molar-refractivity contribution in [1.29, 1.82) is 0 Å². The molecule has 0 fully saturated rings. The van der Waals surface area contributed by atoms with Crippen molar-refractivity contribution in [2.24, 2.45) is 0 Å². The molecular weight excluding hydrogens is 802 g/mol. The molecule has 0 spiro atoms. The van der Waals surface area contributed by atoms with E-state index in [4.69, 9.17) is 9.84 Å².